The van der Waals surface area contributed by atoms with Gasteiger partial charge in [0, 0.05) is 31.8 Å². The fourth-order valence-corrected chi connectivity index (χ4v) is 3.36. The molecule has 0 N–H and O–H groups in total. The van der Waals surface area contributed by atoms with Crippen molar-refractivity contribution in [3.63, 3.8) is 0 Å². The molecule has 2 aliphatic rings. The molecule has 1 aliphatic carbocycles. The zero-order valence-corrected chi connectivity index (χ0v) is 13.4. The first-order valence-corrected chi connectivity index (χ1v) is 8.54. The van der Waals surface area contributed by atoms with Gasteiger partial charge in [-0.25, -0.2) is 0 Å². The van der Waals surface area contributed by atoms with Gasteiger partial charge in [-0.1, -0.05) is 23.7 Å². The lowest BCUT2D eigenvalue weighted by Gasteiger charge is -2.31. The maximum Gasteiger partial charge on any atom is 0.226 e. The van der Waals surface area contributed by atoms with Crippen LogP contribution in [0.5, 0.6) is 0 Å². The molecule has 1 aliphatic heterocycles. The summed E-state index contributed by atoms with van der Waals surface area (Å²) < 4.78 is 5.21. The molecular formula is C17H25N3O2. The summed E-state index contributed by atoms with van der Waals surface area (Å²) in [7, 11) is 0. The summed E-state index contributed by atoms with van der Waals surface area (Å²) in [5, 5.41) is 4.08. The number of hydrogen-bond acceptors (Lipinski definition) is 4. The number of piperidine rings is 1. The minimum atomic E-state index is 0.224. The molecule has 1 atom stereocenters. The van der Waals surface area contributed by atoms with E-state index in [9.17, 15) is 4.79 Å². The SMILES string of the molecule is CCc1nc([C@@H]2CCCN(C(=O)CC3=CCCCC3)C2)no1. The number of aromatic nitrogens is 2. The van der Waals surface area contributed by atoms with E-state index in [0.29, 0.717) is 12.3 Å². The quantitative estimate of drug-likeness (QED) is 0.801. The average molecular weight is 303 g/mol. The van der Waals surface area contributed by atoms with Crippen LogP contribution in [0, 0.1) is 0 Å². The van der Waals surface area contributed by atoms with Gasteiger partial charge in [-0.15, -0.1) is 0 Å². The number of allylic oxidation sites excluding steroid dienone is 1. The van der Waals surface area contributed by atoms with Crippen LogP contribution in [0.2, 0.25) is 0 Å². The van der Waals surface area contributed by atoms with Gasteiger partial charge in [-0.05, 0) is 38.5 Å². The molecule has 0 unspecified atom stereocenters. The van der Waals surface area contributed by atoms with E-state index in [-0.39, 0.29) is 11.8 Å². The number of carbonyl (C=O) groups excluding carboxylic acids is 1. The molecule has 0 saturated carbocycles. The summed E-state index contributed by atoms with van der Waals surface area (Å²) in [5.74, 6) is 1.94. The second kappa shape index (κ2) is 7.07. The third-order valence-corrected chi connectivity index (χ3v) is 4.69. The van der Waals surface area contributed by atoms with Crippen molar-refractivity contribution in [3.05, 3.63) is 23.4 Å². The Labute approximate surface area is 131 Å². The third kappa shape index (κ3) is 3.57. The van der Waals surface area contributed by atoms with Crippen molar-refractivity contribution in [1.29, 1.82) is 0 Å². The van der Waals surface area contributed by atoms with Gasteiger partial charge in [-0.2, -0.15) is 4.98 Å². The van der Waals surface area contributed by atoms with Gasteiger partial charge in [0.15, 0.2) is 5.82 Å². The van der Waals surface area contributed by atoms with Crippen molar-refractivity contribution in [1.82, 2.24) is 15.0 Å². The molecule has 5 nitrogen and oxygen atoms in total. The third-order valence-electron chi connectivity index (χ3n) is 4.69. The van der Waals surface area contributed by atoms with Crippen LogP contribution in [0.15, 0.2) is 16.2 Å². The number of rotatable bonds is 4. The maximum atomic E-state index is 12.5. The molecule has 1 aromatic heterocycles. The van der Waals surface area contributed by atoms with Crippen LogP contribution in [-0.2, 0) is 11.2 Å². The van der Waals surface area contributed by atoms with Crippen molar-refractivity contribution < 1.29 is 9.32 Å². The Bertz CT molecular complexity index is 550. The first kappa shape index (κ1) is 15.3. The Morgan fingerprint density at radius 2 is 2.32 bits per heavy atom. The van der Waals surface area contributed by atoms with Gasteiger partial charge in [0.2, 0.25) is 11.8 Å². The standard InChI is InChI=1S/C17H25N3O2/c1-2-15-18-17(19-22-15)14-9-6-10-20(12-14)16(21)11-13-7-4-3-5-8-13/h7,14H,2-6,8-12H2,1H3/t14-/m1/s1. The van der Waals surface area contributed by atoms with Crippen LogP contribution in [-0.4, -0.2) is 34.0 Å². The topological polar surface area (TPSA) is 59.2 Å². The molecule has 0 radical (unpaired) electrons. The van der Waals surface area contributed by atoms with Gasteiger partial charge >= 0.3 is 0 Å². The summed E-state index contributed by atoms with van der Waals surface area (Å²) in [6.07, 6.45) is 10.4. The number of hydrogen-bond donors (Lipinski definition) is 0. The molecule has 2 heterocycles. The minimum Gasteiger partial charge on any atom is -0.342 e. The lowest BCUT2D eigenvalue weighted by atomic mass is 9.94. The molecule has 120 valence electrons. The predicted molar refractivity (Wildman–Crippen MR) is 83.4 cm³/mol. The highest BCUT2D eigenvalue weighted by Crippen LogP contribution is 2.27. The normalized spacial score (nSPS) is 22.5. The molecule has 0 bridgehead atoms. The summed E-state index contributed by atoms with van der Waals surface area (Å²) in [6.45, 7) is 3.60. The molecule has 5 heteroatoms. The molecule has 0 spiro atoms. The van der Waals surface area contributed by atoms with E-state index in [4.69, 9.17) is 4.52 Å². The van der Waals surface area contributed by atoms with Crippen LogP contribution in [0.1, 0.15) is 69.5 Å². The Morgan fingerprint density at radius 1 is 1.41 bits per heavy atom. The van der Waals surface area contributed by atoms with Crippen molar-refractivity contribution in [2.75, 3.05) is 13.1 Å². The van der Waals surface area contributed by atoms with E-state index in [1.54, 1.807) is 0 Å². The number of likely N-dealkylation sites (tertiary alicyclic amines) is 1. The number of aryl methyl sites for hydroxylation is 1. The van der Waals surface area contributed by atoms with E-state index >= 15 is 0 Å². The number of carbonyl (C=O) groups is 1. The Morgan fingerprint density at radius 3 is 3.05 bits per heavy atom. The summed E-state index contributed by atoms with van der Waals surface area (Å²) in [5.41, 5.74) is 1.33. The monoisotopic (exact) mass is 303 g/mol. The molecule has 1 saturated heterocycles. The predicted octanol–water partition coefficient (Wildman–Crippen LogP) is 3.23. The molecule has 1 aromatic rings. The zero-order valence-electron chi connectivity index (χ0n) is 13.4. The maximum absolute atomic E-state index is 12.5. The molecule has 0 aromatic carbocycles. The smallest absolute Gasteiger partial charge is 0.226 e. The van der Waals surface area contributed by atoms with Crippen LogP contribution in [0.4, 0.5) is 0 Å². The first-order valence-electron chi connectivity index (χ1n) is 8.54. The highest BCUT2D eigenvalue weighted by atomic mass is 16.5. The summed E-state index contributed by atoms with van der Waals surface area (Å²) >= 11 is 0. The van der Waals surface area contributed by atoms with Crippen molar-refractivity contribution in [2.24, 2.45) is 0 Å². The first-order chi connectivity index (χ1) is 10.8. The summed E-state index contributed by atoms with van der Waals surface area (Å²) in [4.78, 5) is 19.0. The Hall–Kier alpha value is -1.65. The Balaban J connectivity index is 1.59. The lowest BCUT2D eigenvalue weighted by molar-refractivity contribution is -0.131. The van der Waals surface area contributed by atoms with Crippen molar-refractivity contribution in [3.8, 4) is 0 Å². The van der Waals surface area contributed by atoms with Gasteiger partial charge in [0.1, 0.15) is 0 Å². The van der Waals surface area contributed by atoms with Gasteiger partial charge in [0.25, 0.3) is 0 Å². The van der Waals surface area contributed by atoms with Crippen LogP contribution < -0.4 is 0 Å². The van der Waals surface area contributed by atoms with Gasteiger partial charge in [-0.3, -0.25) is 4.79 Å². The molecule has 3 rings (SSSR count). The summed E-state index contributed by atoms with van der Waals surface area (Å²) in [6, 6.07) is 0. The van der Waals surface area contributed by atoms with E-state index in [1.165, 1.54) is 18.4 Å². The van der Waals surface area contributed by atoms with E-state index in [1.807, 2.05) is 11.8 Å². The van der Waals surface area contributed by atoms with E-state index in [0.717, 1.165) is 51.0 Å². The fraction of sp³-hybridized carbons (Fsp3) is 0.706. The fourth-order valence-electron chi connectivity index (χ4n) is 3.36. The van der Waals surface area contributed by atoms with Crippen molar-refractivity contribution >= 4 is 5.91 Å². The van der Waals surface area contributed by atoms with Gasteiger partial charge < -0.3 is 9.42 Å². The second-order valence-electron chi connectivity index (χ2n) is 6.36. The largest absolute Gasteiger partial charge is 0.342 e. The van der Waals surface area contributed by atoms with Crippen LogP contribution >= 0.6 is 0 Å². The molecular weight excluding hydrogens is 278 g/mol. The Kier molecular flexibility index (Phi) is 4.90. The van der Waals surface area contributed by atoms with Crippen LogP contribution in [0.25, 0.3) is 0 Å². The lowest BCUT2D eigenvalue weighted by Crippen LogP contribution is -2.39. The molecule has 1 amide bonds. The molecule has 22 heavy (non-hydrogen) atoms. The highest BCUT2D eigenvalue weighted by Gasteiger charge is 2.28. The highest BCUT2D eigenvalue weighted by molar-refractivity contribution is 5.79. The number of amides is 1. The molecule has 1 fully saturated rings. The van der Waals surface area contributed by atoms with Gasteiger partial charge in [0.05, 0.1) is 0 Å². The van der Waals surface area contributed by atoms with Crippen molar-refractivity contribution in [2.45, 2.75) is 64.2 Å². The second-order valence-corrected chi connectivity index (χ2v) is 6.36. The van der Waals surface area contributed by atoms with E-state index < -0.39 is 0 Å². The van der Waals surface area contributed by atoms with Crippen LogP contribution in [0.3, 0.4) is 0 Å². The average Bonchev–Trinajstić information content (AvgIpc) is 3.05. The zero-order chi connectivity index (χ0) is 15.4. The van der Waals surface area contributed by atoms with E-state index in [2.05, 4.69) is 16.2 Å². The minimum absolute atomic E-state index is 0.224. The number of nitrogens with zero attached hydrogens (tertiary/aromatic N) is 3.